The second kappa shape index (κ2) is 10.3. The van der Waals surface area contributed by atoms with Crippen molar-refractivity contribution in [3.63, 3.8) is 0 Å². The monoisotopic (exact) mass is 533 g/mol. The average Bonchev–Trinajstić information content (AvgIpc) is 3.17. The summed E-state index contributed by atoms with van der Waals surface area (Å²) in [7, 11) is 1.80. The SMILES string of the molecule is CNc1ccc(OC2CN(CC3CCN(c4ccc5c(c4)C(=O)N(C4CCC(=O)NC4=O)C5=O)CC3)C2)nn1. The maximum atomic E-state index is 13.1. The Labute approximate surface area is 225 Å². The van der Waals surface area contributed by atoms with Crippen LogP contribution in [0, 0.1) is 5.92 Å². The molecule has 6 rings (SSSR count). The van der Waals surface area contributed by atoms with Crippen LogP contribution in [0.25, 0.3) is 0 Å². The summed E-state index contributed by atoms with van der Waals surface area (Å²) < 4.78 is 5.91. The lowest BCUT2D eigenvalue weighted by Gasteiger charge is -2.42. The number of amides is 4. The number of ether oxygens (including phenoxy) is 1. The lowest BCUT2D eigenvalue weighted by atomic mass is 9.94. The highest BCUT2D eigenvalue weighted by molar-refractivity contribution is 6.23. The minimum absolute atomic E-state index is 0.106. The number of fused-ring (bicyclic) bond motifs is 1. The minimum Gasteiger partial charge on any atom is -0.471 e. The summed E-state index contributed by atoms with van der Waals surface area (Å²) in [6.45, 7) is 4.50. The molecule has 1 aromatic carbocycles. The van der Waals surface area contributed by atoms with E-state index in [4.69, 9.17) is 4.74 Å². The number of hydrogen-bond acceptors (Lipinski definition) is 10. The van der Waals surface area contributed by atoms with Crippen LogP contribution in [0.5, 0.6) is 5.88 Å². The molecule has 1 unspecified atom stereocenters. The highest BCUT2D eigenvalue weighted by Gasteiger charge is 2.44. The van der Waals surface area contributed by atoms with E-state index in [9.17, 15) is 19.2 Å². The van der Waals surface area contributed by atoms with Crippen LogP contribution < -0.4 is 20.3 Å². The summed E-state index contributed by atoms with van der Waals surface area (Å²) in [5.74, 6) is -0.100. The van der Waals surface area contributed by atoms with Gasteiger partial charge in [0.15, 0.2) is 0 Å². The number of likely N-dealkylation sites (tertiary alicyclic amines) is 1. The van der Waals surface area contributed by atoms with Crippen molar-refractivity contribution in [1.82, 2.24) is 25.3 Å². The van der Waals surface area contributed by atoms with Crippen LogP contribution in [0.3, 0.4) is 0 Å². The molecule has 3 fully saturated rings. The van der Waals surface area contributed by atoms with Crippen LogP contribution in [0.4, 0.5) is 11.5 Å². The van der Waals surface area contributed by atoms with Crippen LogP contribution in [0.1, 0.15) is 46.4 Å². The van der Waals surface area contributed by atoms with Gasteiger partial charge in [-0.05, 0) is 49.4 Å². The van der Waals surface area contributed by atoms with Gasteiger partial charge in [-0.1, -0.05) is 0 Å². The molecule has 204 valence electrons. The van der Waals surface area contributed by atoms with Crippen molar-refractivity contribution in [3.8, 4) is 5.88 Å². The largest absolute Gasteiger partial charge is 0.471 e. The molecule has 12 nitrogen and oxygen atoms in total. The summed E-state index contributed by atoms with van der Waals surface area (Å²) in [5, 5.41) is 13.3. The van der Waals surface area contributed by atoms with Crippen molar-refractivity contribution in [2.24, 2.45) is 5.92 Å². The van der Waals surface area contributed by atoms with Gasteiger partial charge in [0.2, 0.25) is 17.7 Å². The third kappa shape index (κ3) is 4.91. The lowest BCUT2D eigenvalue weighted by molar-refractivity contribution is -0.136. The quantitative estimate of drug-likeness (QED) is 0.494. The molecule has 2 aromatic rings. The third-order valence-corrected chi connectivity index (χ3v) is 8.03. The van der Waals surface area contributed by atoms with Gasteiger partial charge >= 0.3 is 0 Å². The number of aromatic nitrogens is 2. The second-order valence-electron chi connectivity index (χ2n) is 10.6. The summed E-state index contributed by atoms with van der Waals surface area (Å²) >= 11 is 0. The Morgan fingerprint density at radius 2 is 1.74 bits per heavy atom. The molecule has 1 atom stereocenters. The molecule has 39 heavy (non-hydrogen) atoms. The Bertz CT molecular complexity index is 1300. The predicted molar refractivity (Wildman–Crippen MR) is 140 cm³/mol. The van der Waals surface area contributed by atoms with Gasteiger partial charge in [-0.3, -0.25) is 34.3 Å². The van der Waals surface area contributed by atoms with Crippen molar-refractivity contribution < 1.29 is 23.9 Å². The van der Waals surface area contributed by atoms with E-state index in [0.717, 1.165) is 56.2 Å². The highest BCUT2D eigenvalue weighted by Crippen LogP contribution is 2.32. The van der Waals surface area contributed by atoms with Crippen LogP contribution in [0.15, 0.2) is 30.3 Å². The molecule has 4 aliphatic heterocycles. The van der Waals surface area contributed by atoms with E-state index in [-0.39, 0.29) is 24.9 Å². The van der Waals surface area contributed by atoms with Crippen molar-refractivity contribution in [3.05, 3.63) is 41.5 Å². The summed E-state index contributed by atoms with van der Waals surface area (Å²) in [5.41, 5.74) is 1.53. The van der Waals surface area contributed by atoms with Gasteiger partial charge in [-0.15, -0.1) is 10.2 Å². The zero-order chi connectivity index (χ0) is 27.1. The van der Waals surface area contributed by atoms with Gasteiger partial charge in [-0.25, -0.2) is 0 Å². The minimum atomic E-state index is -0.951. The Kier molecular flexibility index (Phi) is 6.63. The van der Waals surface area contributed by atoms with E-state index < -0.39 is 23.8 Å². The number of imide groups is 2. The van der Waals surface area contributed by atoms with Gasteiger partial charge in [0.25, 0.3) is 11.8 Å². The smallest absolute Gasteiger partial charge is 0.262 e. The fourth-order valence-electron chi connectivity index (χ4n) is 5.83. The van der Waals surface area contributed by atoms with Crippen LogP contribution in [-0.2, 0) is 9.59 Å². The molecule has 1 aromatic heterocycles. The van der Waals surface area contributed by atoms with Gasteiger partial charge in [0.05, 0.1) is 11.1 Å². The number of rotatable bonds is 7. The number of benzene rings is 1. The fourth-order valence-corrected chi connectivity index (χ4v) is 5.83. The molecule has 4 aliphatic rings. The zero-order valence-electron chi connectivity index (χ0n) is 21.8. The van der Waals surface area contributed by atoms with Crippen molar-refractivity contribution in [1.29, 1.82) is 0 Å². The number of anilines is 2. The molecular formula is C27H31N7O5. The van der Waals surface area contributed by atoms with Crippen molar-refractivity contribution in [2.75, 3.05) is 50.0 Å². The molecule has 0 spiro atoms. The number of piperidine rings is 2. The normalized spacial score (nSPS) is 22.5. The first-order chi connectivity index (χ1) is 18.9. The Hall–Kier alpha value is -4.06. The number of nitrogens with zero attached hydrogens (tertiary/aromatic N) is 5. The topological polar surface area (TPSA) is 137 Å². The number of carbonyl (C=O) groups is 4. The lowest BCUT2D eigenvalue weighted by Crippen LogP contribution is -2.55. The maximum absolute atomic E-state index is 13.1. The van der Waals surface area contributed by atoms with Crippen LogP contribution in [-0.4, -0.2) is 95.5 Å². The van der Waals surface area contributed by atoms with Gasteiger partial charge in [-0.2, -0.15) is 0 Å². The predicted octanol–water partition coefficient (Wildman–Crippen LogP) is 0.899. The van der Waals surface area contributed by atoms with E-state index in [2.05, 4.69) is 30.6 Å². The number of nitrogens with one attached hydrogen (secondary N) is 2. The second-order valence-corrected chi connectivity index (χ2v) is 10.6. The molecular weight excluding hydrogens is 502 g/mol. The summed E-state index contributed by atoms with van der Waals surface area (Å²) in [6, 6.07) is 8.04. The first kappa shape index (κ1) is 25.2. The Morgan fingerprint density at radius 1 is 0.974 bits per heavy atom. The molecule has 4 amide bonds. The van der Waals surface area contributed by atoms with Crippen LogP contribution in [0.2, 0.25) is 0 Å². The number of carbonyl (C=O) groups excluding carboxylic acids is 4. The van der Waals surface area contributed by atoms with E-state index in [1.54, 1.807) is 19.2 Å². The molecule has 0 saturated carbocycles. The third-order valence-electron chi connectivity index (χ3n) is 8.03. The summed E-state index contributed by atoms with van der Waals surface area (Å²) in [6.07, 6.45) is 2.45. The molecule has 2 N–H and O–H groups in total. The zero-order valence-corrected chi connectivity index (χ0v) is 21.8. The van der Waals surface area contributed by atoms with Crippen LogP contribution >= 0.6 is 0 Å². The molecule has 3 saturated heterocycles. The molecule has 0 bridgehead atoms. The first-order valence-electron chi connectivity index (χ1n) is 13.4. The highest BCUT2D eigenvalue weighted by atomic mass is 16.5. The fraction of sp³-hybridized carbons (Fsp3) is 0.481. The molecule has 0 aliphatic carbocycles. The molecule has 5 heterocycles. The first-order valence-corrected chi connectivity index (χ1v) is 13.4. The molecule has 0 radical (unpaired) electrons. The maximum Gasteiger partial charge on any atom is 0.262 e. The van der Waals surface area contributed by atoms with E-state index in [1.165, 1.54) is 0 Å². The molecule has 12 heteroatoms. The Morgan fingerprint density at radius 3 is 2.44 bits per heavy atom. The summed E-state index contributed by atoms with van der Waals surface area (Å²) in [4.78, 5) is 55.6. The van der Waals surface area contributed by atoms with Gasteiger partial charge in [0.1, 0.15) is 18.0 Å². The average molecular weight is 534 g/mol. The van der Waals surface area contributed by atoms with E-state index >= 15 is 0 Å². The van der Waals surface area contributed by atoms with Gasteiger partial charge < -0.3 is 15.0 Å². The van der Waals surface area contributed by atoms with E-state index in [0.29, 0.717) is 28.7 Å². The number of hydrogen-bond donors (Lipinski definition) is 2. The van der Waals surface area contributed by atoms with Crippen molar-refractivity contribution in [2.45, 2.75) is 37.8 Å². The van der Waals surface area contributed by atoms with Gasteiger partial charge in [0, 0.05) is 57.9 Å². The van der Waals surface area contributed by atoms with Crippen molar-refractivity contribution >= 4 is 35.1 Å². The van der Waals surface area contributed by atoms with E-state index in [1.807, 2.05) is 18.2 Å². The Balaban J connectivity index is 0.999. The standard InChI is InChI=1S/C27H31N7O5/c1-28-22-5-7-24(31-30-22)39-18-14-32(15-18)13-16-8-10-33(11-9-16)17-2-3-19-20(12-17)27(38)34(26(19)37)21-4-6-23(35)29-25(21)36/h2-3,5,7,12,16,18,21H,4,6,8-11,13-15H2,1H3,(H,28,30)(H,29,35,36).